The average Bonchev–Trinajstić information content (AvgIpc) is 2.27. The Kier molecular flexibility index (Phi) is 4.29. The minimum atomic E-state index is -0.962. The molecule has 1 aromatic heterocycles. The van der Waals surface area contributed by atoms with E-state index in [2.05, 4.69) is 4.98 Å². The zero-order valence-electron chi connectivity index (χ0n) is 10.1. The van der Waals surface area contributed by atoms with Gasteiger partial charge < -0.3 is 11.3 Å². The molecular formula is C11H10NNaO3. The van der Waals surface area contributed by atoms with Gasteiger partial charge in [0, 0.05) is 11.6 Å². The molecule has 5 heteroatoms. The molecule has 0 spiro atoms. The van der Waals surface area contributed by atoms with Crippen LogP contribution in [0.5, 0.6) is 5.75 Å². The van der Waals surface area contributed by atoms with Crippen LogP contribution in [0.3, 0.4) is 0 Å². The number of nitrogens with zero attached hydrogens (tertiary/aromatic N) is 1. The number of hydrogen-bond donors (Lipinski definition) is 1. The number of methoxy groups -OCH3 is 1. The number of pyridine rings is 1. The number of fused-ring (bicyclic) bond motifs is 1. The standard InChI is InChI=1S/C11H9NO3.Na.H/c1-15-7-2-3-10-9(6-7)8(11(13)14)4-5-12-10;;/h2-6H,1H3,(H,13,14);;/q;+1;-1. The van der Waals surface area contributed by atoms with Gasteiger partial charge in [0.1, 0.15) is 5.75 Å². The first-order chi connectivity index (χ1) is 7.22. The maximum atomic E-state index is 10.9. The second kappa shape index (κ2) is 5.30. The molecule has 0 bridgehead atoms. The second-order valence-electron chi connectivity index (χ2n) is 3.05. The second-order valence-corrected chi connectivity index (χ2v) is 3.05. The summed E-state index contributed by atoms with van der Waals surface area (Å²) in [7, 11) is 1.54. The molecule has 0 aliphatic carbocycles. The van der Waals surface area contributed by atoms with Crippen LogP contribution in [-0.4, -0.2) is 23.2 Å². The SMILES string of the molecule is COc1ccc2nccc(C(=O)O)c2c1.[H-].[Na+]. The number of hydrogen-bond acceptors (Lipinski definition) is 3. The first-order valence-electron chi connectivity index (χ1n) is 4.38. The van der Waals surface area contributed by atoms with E-state index in [1.807, 2.05) is 0 Å². The Labute approximate surface area is 116 Å². The van der Waals surface area contributed by atoms with Crippen molar-refractivity contribution < 1.29 is 45.6 Å². The molecule has 0 saturated heterocycles. The molecule has 0 radical (unpaired) electrons. The summed E-state index contributed by atoms with van der Waals surface area (Å²) in [6.45, 7) is 0. The third-order valence-corrected chi connectivity index (χ3v) is 2.18. The molecule has 1 heterocycles. The molecule has 16 heavy (non-hydrogen) atoms. The Morgan fingerprint density at radius 1 is 1.44 bits per heavy atom. The fourth-order valence-corrected chi connectivity index (χ4v) is 1.44. The van der Waals surface area contributed by atoms with E-state index >= 15 is 0 Å². The molecule has 1 N–H and O–H groups in total. The van der Waals surface area contributed by atoms with Crippen LogP contribution in [0.1, 0.15) is 11.8 Å². The molecule has 0 aliphatic rings. The van der Waals surface area contributed by atoms with Gasteiger partial charge in [0.15, 0.2) is 0 Å². The van der Waals surface area contributed by atoms with Gasteiger partial charge in [-0.15, -0.1) is 0 Å². The zero-order valence-corrected chi connectivity index (χ0v) is 11.1. The summed E-state index contributed by atoms with van der Waals surface area (Å²) in [4.78, 5) is 15.0. The maximum absolute atomic E-state index is 10.9. The summed E-state index contributed by atoms with van der Waals surface area (Å²) < 4.78 is 5.04. The van der Waals surface area contributed by atoms with Crippen molar-refractivity contribution in [2.45, 2.75) is 0 Å². The summed E-state index contributed by atoms with van der Waals surface area (Å²) in [6, 6.07) is 6.64. The summed E-state index contributed by atoms with van der Waals surface area (Å²) in [5.74, 6) is -0.339. The van der Waals surface area contributed by atoms with Crippen LogP contribution >= 0.6 is 0 Å². The van der Waals surface area contributed by atoms with Crippen molar-refractivity contribution in [1.29, 1.82) is 0 Å². The van der Waals surface area contributed by atoms with Crippen molar-refractivity contribution in [3.63, 3.8) is 0 Å². The van der Waals surface area contributed by atoms with E-state index in [1.54, 1.807) is 18.2 Å². The first kappa shape index (κ1) is 13.0. The topological polar surface area (TPSA) is 59.4 Å². The van der Waals surface area contributed by atoms with Crippen LogP contribution in [0.15, 0.2) is 30.5 Å². The van der Waals surface area contributed by atoms with Crippen molar-refractivity contribution >= 4 is 16.9 Å². The third kappa shape index (κ3) is 2.35. The average molecular weight is 227 g/mol. The molecular weight excluding hydrogens is 217 g/mol. The minimum Gasteiger partial charge on any atom is -1.00 e. The number of ether oxygens (including phenoxy) is 1. The Morgan fingerprint density at radius 2 is 2.19 bits per heavy atom. The monoisotopic (exact) mass is 227 g/mol. The van der Waals surface area contributed by atoms with Gasteiger partial charge in [0.05, 0.1) is 18.2 Å². The van der Waals surface area contributed by atoms with Crippen molar-refractivity contribution in [3.05, 3.63) is 36.0 Å². The van der Waals surface area contributed by atoms with E-state index < -0.39 is 5.97 Å². The minimum absolute atomic E-state index is 0. The van der Waals surface area contributed by atoms with E-state index in [0.717, 1.165) is 0 Å². The predicted molar refractivity (Wildman–Crippen MR) is 56.4 cm³/mol. The predicted octanol–water partition coefficient (Wildman–Crippen LogP) is -0.942. The number of carbonyl (C=O) groups is 1. The number of aromatic carboxylic acids is 1. The van der Waals surface area contributed by atoms with E-state index in [4.69, 9.17) is 9.84 Å². The fraction of sp³-hybridized carbons (Fsp3) is 0.0909. The van der Waals surface area contributed by atoms with Crippen molar-refractivity contribution in [2.24, 2.45) is 0 Å². The molecule has 0 atom stereocenters. The largest absolute Gasteiger partial charge is 1.00 e. The molecule has 0 unspecified atom stereocenters. The van der Waals surface area contributed by atoms with Gasteiger partial charge in [-0.05, 0) is 24.3 Å². The van der Waals surface area contributed by atoms with Crippen LogP contribution in [0.25, 0.3) is 10.9 Å². The molecule has 0 aliphatic heterocycles. The van der Waals surface area contributed by atoms with Gasteiger partial charge >= 0.3 is 35.5 Å². The Bertz CT molecular complexity index is 533. The quantitative estimate of drug-likeness (QED) is 0.673. The van der Waals surface area contributed by atoms with E-state index in [9.17, 15) is 4.79 Å². The van der Waals surface area contributed by atoms with Crippen LogP contribution in [-0.2, 0) is 0 Å². The van der Waals surface area contributed by atoms with Crippen LogP contribution in [0, 0.1) is 0 Å². The van der Waals surface area contributed by atoms with Crippen LogP contribution in [0.4, 0.5) is 0 Å². The molecule has 4 nitrogen and oxygen atoms in total. The zero-order chi connectivity index (χ0) is 10.8. The normalized spacial score (nSPS) is 9.56. The smallest absolute Gasteiger partial charge is 1.00 e. The number of rotatable bonds is 2. The molecule has 78 valence electrons. The molecule has 2 rings (SSSR count). The van der Waals surface area contributed by atoms with Crippen molar-refractivity contribution in [3.8, 4) is 5.75 Å². The van der Waals surface area contributed by atoms with Crippen LogP contribution in [0.2, 0.25) is 0 Å². The Morgan fingerprint density at radius 3 is 2.81 bits per heavy atom. The van der Waals surface area contributed by atoms with Crippen LogP contribution < -0.4 is 34.3 Å². The molecule has 0 saturated carbocycles. The Hall–Kier alpha value is -1.10. The first-order valence-corrected chi connectivity index (χ1v) is 4.38. The van der Waals surface area contributed by atoms with Crippen molar-refractivity contribution in [2.75, 3.05) is 7.11 Å². The third-order valence-electron chi connectivity index (χ3n) is 2.18. The van der Waals surface area contributed by atoms with Gasteiger partial charge in [0.25, 0.3) is 0 Å². The van der Waals surface area contributed by atoms with Gasteiger partial charge in [-0.1, -0.05) is 0 Å². The fourth-order valence-electron chi connectivity index (χ4n) is 1.44. The molecule has 1 aromatic carbocycles. The van der Waals surface area contributed by atoms with E-state index in [1.165, 1.54) is 19.4 Å². The number of carboxylic acids is 1. The Balaban J connectivity index is 0.00000128. The van der Waals surface area contributed by atoms with Gasteiger partial charge in [-0.25, -0.2) is 4.79 Å². The number of carboxylic acid groups (broad SMARTS) is 1. The molecule has 0 fully saturated rings. The summed E-state index contributed by atoms with van der Waals surface area (Å²) in [5, 5.41) is 9.57. The van der Waals surface area contributed by atoms with E-state index in [-0.39, 0.29) is 36.5 Å². The van der Waals surface area contributed by atoms with E-state index in [0.29, 0.717) is 16.7 Å². The maximum Gasteiger partial charge on any atom is 1.00 e. The summed E-state index contributed by atoms with van der Waals surface area (Å²) in [5.41, 5.74) is 0.884. The van der Waals surface area contributed by atoms with Gasteiger partial charge in [0.2, 0.25) is 0 Å². The molecule has 0 amide bonds. The molecule has 2 aromatic rings. The van der Waals surface area contributed by atoms with Crippen molar-refractivity contribution in [1.82, 2.24) is 4.98 Å². The van der Waals surface area contributed by atoms with Gasteiger partial charge in [-0.2, -0.15) is 0 Å². The number of benzene rings is 1. The number of aromatic nitrogens is 1. The van der Waals surface area contributed by atoms with Gasteiger partial charge in [-0.3, -0.25) is 4.98 Å². The summed E-state index contributed by atoms with van der Waals surface area (Å²) in [6.07, 6.45) is 1.48. The summed E-state index contributed by atoms with van der Waals surface area (Å²) >= 11 is 0.